The van der Waals surface area contributed by atoms with Crippen LogP contribution in [0.15, 0.2) is 34.9 Å². The first kappa shape index (κ1) is 80.8. The first-order chi connectivity index (χ1) is 42.4. The summed E-state index contributed by atoms with van der Waals surface area (Å²) in [5.41, 5.74) is 83.2. The fourth-order valence-corrected chi connectivity index (χ4v) is 8.27. The summed E-state index contributed by atoms with van der Waals surface area (Å²) in [6.07, 6.45) is -0.513. The molecule has 0 aliphatic rings. The number of hydrogen-bond donors (Lipinski definition) is 26. The van der Waals surface area contributed by atoms with Gasteiger partial charge in [0, 0.05) is 57.3 Å². The van der Waals surface area contributed by atoms with Crippen molar-refractivity contribution in [3.05, 3.63) is 0 Å². The molecule has 510 valence electrons. The lowest BCUT2D eigenvalue weighted by Gasteiger charge is -2.28. The number of carboxylic acids is 1. The maximum atomic E-state index is 14.7. The van der Waals surface area contributed by atoms with Gasteiger partial charge in [-0.1, -0.05) is 0 Å². The minimum atomic E-state index is -1.54. The molecule has 0 aromatic carbocycles. The van der Waals surface area contributed by atoms with Crippen LogP contribution in [0.2, 0.25) is 0 Å². The van der Waals surface area contributed by atoms with Gasteiger partial charge in [0.1, 0.15) is 48.3 Å². The number of aliphatic imine (C=N–C) groups is 7. The van der Waals surface area contributed by atoms with Crippen molar-refractivity contribution in [1.82, 2.24) is 42.5 Å². The van der Waals surface area contributed by atoms with E-state index in [1.54, 1.807) is 0 Å². The molecule has 0 rings (SSSR count). The topological polar surface area (TPSA) is 747 Å². The van der Waals surface area contributed by atoms with Crippen molar-refractivity contribution in [3.63, 3.8) is 0 Å². The number of rotatable bonds is 47. The van der Waals surface area contributed by atoms with Crippen LogP contribution in [0, 0.1) is 0 Å². The molecular weight excluding hydrogens is 1220 g/mol. The average Bonchev–Trinajstić information content (AvgIpc) is 1.68. The highest BCUT2D eigenvalue weighted by Gasteiger charge is 2.35. The smallest absolute Gasteiger partial charge is 0.327 e. The molecule has 39 N–H and O–H groups in total. The number of guanidine groups is 7. The summed E-state index contributed by atoms with van der Waals surface area (Å²) in [4.78, 5) is 153. The molecule has 0 aliphatic carbocycles. The van der Waals surface area contributed by atoms with Crippen LogP contribution in [0.5, 0.6) is 0 Å². The number of carbonyl (C=O) groups excluding carboxylic acids is 8. The van der Waals surface area contributed by atoms with Gasteiger partial charge in [-0.3, -0.25) is 73.3 Å². The molecule has 0 saturated carbocycles. The standard InChI is InChI=1S/C48H96N30O10S2/c49-24(22-89)33(79)71-25(8-1-15-64-42(50)51)34(80)72-26(9-2-16-65-43(52)53)35(81)73-27(10-3-17-66-44(54)55)36(82)74-28(11-4-18-67-45(56)57)37(83)75-29(12-5-19-68-46(58)59)38(84)76-30(13-6-20-69-47(60)61)39(85)77-31(14-7-21-70-48(62)63)40(86)78-32(23-90)41(87)88/h24-32,89-90H,1-23,49H2,(H,71,79)(H,72,80)(H,73,81)(H,74,82)(H,75,83)(H,76,84)(H,77,85)(H,78,86)(H,87,88)(H4,50,51,64)(H4,52,53,65)(H4,54,55,66)(H4,56,57,67)(H4,58,59,68)(H4,60,61,69)(H4,62,63,70)/t24-,25-,26-,27-,28-,29-,30-,31-,32-/m0/s1. The average molecular weight is 1320 g/mol. The summed E-state index contributed by atoms with van der Waals surface area (Å²) in [5, 5.41) is 30.2. The fraction of sp³-hybridized carbons (Fsp3) is 0.667. The molecule has 0 saturated heterocycles. The minimum Gasteiger partial charge on any atom is -0.480 e. The number of nitrogens with one attached hydrogen (secondary N) is 8. The van der Waals surface area contributed by atoms with Crippen molar-refractivity contribution in [2.45, 2.75) is 144 Å². The maximum Gasteiger partial charge on any atom is 0.327 e. The van der Waals surface area contributed by atoms with Crippen molar-refractivity contribution in [3.8, 4) is 0 Å². The van der Waals surface area contributed by atoms with E-state index >= 15 is 0 Å². The zero-order valence-corrected chi connectivity index (χ0v) is 52.1. The van der Waals surface area contributed by atoms with E-state index in [1.807, 2.05) is 0 Å². The Morgan fingerprint density at radius 2 is 0.433 bits per heavy atom. The van der Waals surface area contributed by atoms with E-state index in [0.717, 1.165) is 0 Å². The molecular formula is C48H96N30O10S2. The minimum absolute atomic E-state index is 0.00666. The Kier molecular flexibility index (Phi) is 41.3. The van der Waals surface area contributed by atoms with E-state index < -0.39 is 108 Å². The molecule has 9 atom stereocenters. The van der Waals surface area contributed by atoms with Crippen LogP contribution in [0.4, 0.5) is 0 Å². The quantitative estimate of drug-likeness (QED) is 0.0116. The molecule has 8 amide bonds. The van der Waals surface area contributed by atoms with Crippen LogP contribution in [0.1, 0.15) is 89.9 Å². The third-order valence-electron chi connectivity index (χ3n) is 12.4. The highest BCUT2D eigenvalue weighted by atomic mass is 32.1. The SMILES string of the molecule is NC(N)=NCCC[C@H](NC(=O)[C@H](CCCN=C(N)N)NC(=O)[C@H](CCCN=C(N)N)NC(=O)[C@H](CCCN=C(N)N)NC(=O)[C@H](CCCN=C(N)N)NC(=O)[C@H](CCCN=C(N)N)NC(=O)[C@H](CCCN=C(N)N)NC(=O)[C@@H](N)CS)C(=O)N[C@@H](CS)C(=O)O. The molecule has 40 nitrogen and oxygen atoms in total. The second-order valence-electron chi connectivity index (χ2n) is 19.9. The lowest BCUT2D eigenvalue weighted by Crippen LogP contribution is -2.60. The first-order valence-corrected chi connectivity index (χ1v) is 29.7. The molecule has 0 bridgehead atoms. The Labute approximate surface area is 531 Å². The van der Waals surface area contributed by atoms with E-state index in [0.29, 0.717) is 0 Å². The summed E-state index contributed by atoms with van der Waals surface area (Å²) in [7, 11) is 0. The van der Waals surface area contributed by atoms with Gasteiger partial charge < -0.3 is 134 Å². The van der Waals surface area contributed by atoms with E-state index in [9.17, 15) is 48.3 Å². The van der Waals surface area contributed by atoms with Gasteiger partial charge in [-0.25, -0.2) is 4.79 Å². The lowest BCUT2D eigenvalue weighted by molar-refractivity contribution is -0.141. The number of aliphatic carboxylic acids is 1. The molecule has 0 spiro atoms. The monoisotopic (exact) mass is 1320 g/mol. The normalized spacial score (nSPS) is 13.6. The van der Waals surface area contributed by atoms with Gasteiger partial charge in [-0.2, -0.15) is 25.3 Å². The Morgan fingerprint density at radius 1 is 0.278 bits per heavy atom. The fourth-order valence-electron chi connectivity index (χ4n) is 7.86. The van der Waals surface area contributed by atoms with Crippen LogP contribution >= 0.6 is 25.3 Å². The maximum absolute atomic E-state index is 14.7. The number of amides is 8. The molecule has 0 radical (unpaired) electrons. The lowest BCUT2D eigenvalue weighted by atomic mass is 10.0. The molecule has 0 heterocycles. The largest absolute Gasteiger partial charge is 0.480 e. The second-order valence-corrected chi connectivity index (χ2v) is 20.7. The van der Waals surface area contributed by atoms with Gasteiger partial charge in [-0.15, -0.1) is 0 Å². The van der Waals surface area contributed by atoms with Crippen LogP contribution in [-0.4, -0.2) is 212 Å². The van der Waals surface area contributed by atoms with Crippen molar-refractivity contribution in [2.75, 3.05) is 57.3 Å². The third-order valence-corrected chi connectivity index (χ3v) is 13.1. The second kappa shape index (κ2) is 46.0. The highest BCUT2D eigenvalue weighted by molar-refractivity contribution is 7.80. The van der Waals surface area contributed by atoms with Crippen molar-refractivity contribution in [1.29, 1.82) is 0 Å². The van der Waals surface area contributed by atoms with Crippen molar-refractivity contribution in [2.24, 2.45) is 121 Å². The van der Waals surface area contributed by atoms with Crippen LogP contribution < -0.4 is 129 Å². The summed E-state index contributed by atoms with van der Waals surface area (Å²) in [5.74, 6) is -10.9. The summed E-state index contributed by atoms with van der Waals surface area (Å²) < 4.78 is 0. The predicted molar refractivity (Wildman–Crippen MR) is 348 cm³/mol. The van der Waals surface area contributed by atoms with Crippen LogP contribution in [0.3, 0.4) is 0 Å². The number of thiol groups is 2. The van der Waals surface area contributed by atoms with Gasteiger partial charge in [0.05, 0.1) is 6.04 Å². The van der Waals surface area contributed by atoms with Crippen LogP contribution in [0.25, 0.3) is 0 Å². The number of hydrogen-bond acceptors (Lipinski definition) is 19. The highest BCUT2D eigenvalue weighted by Crippen LogP contribution is 2.11. The molecule has 0 aliphatic heterocycles. The predicted octanol–water partition coefficient (Wildman–Crippen LogP) is -11.5. The van der Waals surface area contributed by atoms with Gasteiger partial charge in [0.15, 0.2) is 41.7 Å². The Hall–Kier alpha value is -9.22. The number of nitrogens with two attached hydrogens (primary N) is 15. The number of carboxylic acid groups (broad SMARTS) is 1. The van der Waals surface area contributed by atoms with Crippen molar-refractivity contribution >= 4 is 120 Å². The van der Waals surface area contributed by atoms with E-state index in [2.05, 4.69) is 103 Å². The molecule has 0 fully saturated rings. The zero-order valence-electron chi connectivity index (χ0n) is 50.3. The summed E-state index contributed by atoms with van der Waals surface area (Å²) in [6.45, 7) is -0.133. The molecule has 0 aromatic heterocycles. The van der Waals surface area contributed by atoms with E-state index in [-0.39, 0.29) is 189 Å². The Balaban J connectivity index is 7.63. The number of nitrogens with zero attached hydrogens (tertiary/aromatic N) is 7. The molecule has 0 aromatic rings. The molecule has 0 unspecified atom stereocenters. The van der Waals surface area contributed by atoms with Crippen LogP contribution in [-0.2, 0) is 43.2 Å². The molecule has 90 heavy (non-hydrogen) atoms. The Morgan fingerprint density at radius 3 is 0.567 bits per heavy atom. The first-order valence-electron chi connectivity index (χ1n) is 28.4. The van der Waals surface area contributed by atoms with Gasteiger partial charge in [0.25, 0.3) is 0 Å². The number of carbonyl (C=O) groups is 9. The Bertz CT molecular complexity index is 2510. The van der Waals surface area contributed by atoms with Gasteiger partial charge in [-0.05, 0) is 89.9 Å². The van der Waals surface area contributed by atoms with E-state index in [1.165, 1.54) is 0 Å². The zero-order chi connectivity index (χ0) is 68.3. The molecule has 42 heteroatoms. The van der Waals surface area contributed by atoms with Gasteiger partial charge in [0.2, 0.25) is 47.3 Å². The van der Waals surface area contributed by atoms with E-state index in [4.69, 9.17) is 86.0 Å². The summed E-state index contributed by atoms with van der Waals surface area (Å²) >= 11 is 8.07. The van der Waals surface area contributed by atoms with Gasteiger partial charge >= 0.3 is 5.97 Å². The third kappa shape index (κ3) is 38.1. The summed E-state index contributed by atoms with van der Waals surface area (Å²) in [6, 6.07) is -12.8. The van der Waals surface area contributed by atoms with Crippen molar-refractivity contribution < 1.29 is 48.3 Å².